The minimum absolute atomic E-state index is 0.00641. The average molecular weight is 633 g/mol. The molecule has 0 aliphatic carbocycles. The molecule has 1 aliphatic heterocycles. The fourth-order valence-corrected chi connectivity index (χ4v) is 8.39. The van der Waals surface area contributed by atoms with Crippen molar-refractivity contribution in [1.29, 1.82) is 0 Å². The molecule has 5 rings (SSSR count). The van der Waals surface area contributed by atoms with Crippen molar-refractivity contribution in [1.82, 2.24) is 9.29 Å². The van der Waals surface area contributed by atoms with E-state index < -0.39 is 53.5 Å². The highest BCUT2D eigenvalue weighted by Gasteiger charge is 2.60. The summed E-state index contributed by atoms with van der Waals surface area (Å²) in [6.45, 7) is 0. The Hall–Kier alpha value is -3.90. The predicted molar refractivity (Wildman–Crippen MR) is 154 cm³/mol. The lowest BCUT2D eigenvalue weighted by atomic mass is 10.1. The molecule has 0 radical (unpaired) electrons. The molecule has 4 aromatic rings. The van der Waals surface area contributed by atoms with Gasteiger partial charge >= 0.3 is 30.5 Å². The molecular weight excluding hydrogens is 609 g/mol. The lowest BCUT2D eigenvalue weighted by Gasteiger charge is -2.54. The number of hydrogen-bond acceptors (Lipinski definition) is 9. The monoisotopic (exact) mass is 632 g/mol. The van der Waals surface area contributed by atoms with Crippen molar-refractivity contribution < 1.29 is 38.9 Å². The van der Waals surface area contributed by atoms with Crippen LogP contribution in [0.5, 0.6) is 0 Å². The molecule has 1 fully saturated rings. The van der Waals surface area contributed by atoms with E-state index in [-0.39, 0.29) is 15.6 Å². The highest BCUT2D eigenvalue weighted by atomic mass is 32.2. The van der Waals surface area contributed by atoms with Gasteiger partial charge in [0.05, 0.1) is 0 Å². The van der Waals surface area contributed by atoms with E-state index in [0.717, 1.165) is 4.90 Å². The third kappa shape index (κ3) is 5.73. The van der Waals surface area contributed by atoms with Crippen molar-refractivity contribution in [2.45, 2.75) is 17.2 Å². The molecule has 42 heavy (non-hydrogen) atoms. The zero-order valence-electron chi connectivity index (χ0n) is 21.4. The Labute approximate surface area is 242 Å². The van der Waals surface area contributed by atoms with E-state index in [9.17, 15) is 38.9 Å². The quantitative estimate of drug-likeness (QED) is 0.253. The van der Waals surface area contributed by atoms with E-state index in [1.807, 2.05) is 0 Å². The van der Waals surface area contributed by atoms with Gasteiger partial charge in [-0.3, -0.25) is 18.6 Å². The second kappa shape index (κ2) is 11.1. The lowest BCUT2D eigenvalue weighted by Crippen LogP contribution is -2.72. The van der Waals surface area contributed by atoms with Gasteiger partial charge in [0.1, 0.15) is 12.0 Å². The Morgan fingerprint density at radius 1 is 0.595 bits per heavy atom. The second-order valence-corrected chi connectivity index (χ2v) is 13.4. The Bertz CT molecular complexity index is 1900. The fourth-order valence-electron chi connectivity index (χ4n) is 4.93. The normalized spacial score (nSPS) is 20.4. The molecule has 2 heterocycles. The van der Waals surface area contributed by atoms with Crippen LogP contribution < -0.4 is 9.80 Å². The van der Waals surface area contributed by atoms with Crippen LogP contribution in [0, 0.1) is 0 Å². The number of aromatic nitrogens is 1. The topological polar surface area (TPSA) is 186 Å². The molecular formula is C26H24N4O9S3. The van der Waals surface area contributed by atoms with E-state index in [4.69, 9.17) is 0 Å². The summed E-state index contributed by atoms with van der Waals surface area (Å²) >= 11 is 0. The molecule has 13 nitrogen and oxygen atoms in total. The van der Waals surface area contributed by atoms with Crippen LogP contribution in [-0.4, -0.2) is 59.2 Å². The Kier molecular flexibility index (Phi) is 7.80. The first-order valence-electron chi connectivity index (χ1n) is 12.1. The van der Waals surface area contributed by atoms with Gasteiger partial charge in [-0.25, -0.2) is 4.98 Å². The second-order valence-electron chi connectivity index (χ2n) is 9.19. The van der Waals surface area contributed by atoms with Crippen LogP contribution in [0.15, 0.2) is 109 Å². The Morgan fingerprint density at radius 3 is 1.64 bits per heavy atom. The maximum Gasteiger partial charge on any atom is 0.340 e. The first-order valence-corrected chi connectivity index (χ1v) is 16.6. The number of hydrogen-bond donors (Lipinski definition) is 3. The summed E-state index contributed by atoms with van der Waals surface area (Å²) in [7, 11) is -16.5. The van der Waals surface area contributed by atoms with Crippen LogP contribution in [0.3, 0.4) is 0 Å². The van der Waals surface area contributed by atoms with Crippen molar-refractivity contribution in [3.63, 3.8) is 0 Å². The van der Waals surface area contributed by atoms with Crippen LogP contribution in [0.4, 0.5) is 11.5 Å². The van der Waals surface area contributed by atoms with Crippen molar-refractivity contribution >= 4 is 42.0 Å². The summed E-state index contributed by atoms with van der Waals surface area (Å²) in [6, 6.07) is 26.1. The van der Waals surface area contributed by atoms with E-state index in [2.05, 4.69) is 4.98 Å². The molecule has 3 atom stereocenters. The van der Waals surface area contributed by atoms with E-state index >= 15 is 0 Å². The van der Waals surface area contributed by atoms with Gasteiger partial charge < -0.3 is 4.90 Å². The number of benzene rings is 3. The molecule has 220 valence electrons. The summed E-state index contributed by atoms with van der Waals surface area (Å²) in [5.41, 5.74) is -4.14. The van der Waals surface area contributed by atoms with Gasteiger partial charge in [-0.15, -0.1) is 4.31 Å². The van der Waals surface area contributed by atoms with Gasteiger partial charge in [0, 0.05) is 11.9 Å². The number of pyridine rings is 1. The minimum atomic E-state index is -5.60. The molecule has 0 amide bonds. The molecule has 0 bridgehead atoms. The van der Waals surface area contributed by atoms with E-state index in [0.29, 0.717) is 16.0 Å². The molecule has 0 spiro atoms. The standard InChI is InChI=1S/C26H24N4O9S3/c31-40(32,33)25-28(22-14-8-3-9-15-22)24(20-12-6-2-7-13-20)30(42(37,38)39)26(41(34,35)36)29(25)23-18-21(16-17-27-23)19-10-4-1-5-11-19/h1-18,24-26H,(H,31,32,33)(H,34,35,36)(H,37,38,39). The Balaban J connectivity index is 1.89. The number of rotatable bonds is 7. The third-order valence-corrected chi connectivity index (χ3v) is 9.54. The minimum Gasteiger partial charge on any atom is -0.315 e. The first kappa shape index (κ1) is 29.6. The summed E-state index contributed by atoms with van der Waals surface area (Å²) in [5.74, 6) is -0.456. The fraction of sp³-hybridized carbons (Fsp3) is 0.115. The van der Waals surface area contributed by atoms with Crippen LogP contribution in [0.2, 0.25) is 0 Å². The highest BCUT2D eigenvalue weighted by molar-refractivity contribution is 7.89. The van der Waals surface area contributed by atoms with Crippen LogP contribution in [0.25, 0.3) is 11.1 Å². The van der Waals surface area contributed by atoms with Gasteiger partial charge in [0.2, 0.25) is 11.0 Å². The maximum absolute atomic E-state index is 13.3. The molecule has 3 N–H and O–H groups in total. The van der Waals surface area contributed by atoms with Crippen molar-refractivity contribution in [3.05, 3.63) is 115 Å². The van der Waals surface area contributed by atoms with Crippen LogP contribution in [-0.2, 0) is 30.5 Å². The molecule has 3 unspecified atom stereocenters. The van der Waals surface area contributed by atoms with Crippen LogP contribution >= 0.6 is 0 Å². The van der Waals surface area contributed by atoms with Gasteiger partial charge in [-0.05, 0) is 41.0 Å². The first-order chi connectivity index (χ1) is 19.8. The average Bonchev–Trinajstić information content (AvgIpc) is 2.95. The third-order valence-electron chi connectivity index (χ3n) is 6.50. The summed E-state index contributed by atoms with van der Waals surface area (Å²) < 4.78 is 110. The van der Waals surface area contributed by atoms with Gasteiger partial charge in [0.25, 0.3) is 0 Å². The lowest BCUT2D eigenvalue weighted by molar-refractivity contribution is 0.200. The van der Waals surface area contributed by atoms with E-state index in [1.165, 1.54) is 66.9 Å². The summed E-state index contributed by atoms with van der Waals surface area (Å²) in [5, 5.41) is 0. The smallest absolute Gasteiger partial charge is 0.315 e. The van der Waals surface area contributed by atoms with Crippen molar-refractivity contribution in [2.24, 2.45) is 0 Å². The van der Waals surface area contributed by atoms with Gasteiger partial charge in [-0.1, -0.05) is 78.9 Å². The van der Waals surface area contributed by atoms with Gasteiger partial charge in [-0.2, -0.15) is 25.3 Å². The molecule has 3 aromatic carbocycles. The number of anilines is 2. The highest BCUT2D eigenvalue weighted by Crippen LogP contribution is 2.45. The molecule has 1 saturated heterocycles. The molecule has 0 saturated carbocycles. The molecule has 1 aliphatic rings. The largest absolute Gasteiger partial charge is 0.340 e. The molecule has 1 aromatic heterocycles. The Morgan fingerprint density at radius 2 is 1.12 bits per heavy atom. The SMILES string of the molecule is O=S(=O)(O)C1N(c2ccccc2)C(c2ccccc2)N(S(=O)(=O)O)C(S(=O)(=O)O)N1c1cc(-c2ccccc2)ccn1. The summed E-state index contributed by atoms with van der Waals surface area (Å²) in [4.78, 5) is 5.42. The van der Waals surface area contributed by atoms with E-state index in [1.54, 1.807) is 42.5 Å². The maximum atomic E-state index is 13.3. The molecule has 16 heteroatoms. The predicted octanol–water partition coefficient (Wildman–Crippen LogP) is 3.22. The van der Waals surface area contributed by atoms with Crippen molar-refractivity contribution in [2.75, 3.05) is 9.80 Å². The zero-order valence-corrected chi connectivity index (χ0v) is 23.9. The van der Waals surface area contributed by atoms with Crippen LogP contribution in [0.1, 0.15) is 11.7 Å². The number of nitrogens with zero attached hydrogens (tertiary/aromatic N) is 4. The van der Waals surface area contributed by atoms with Gasteiger partial charge in [0.15, 0.2) is 0 Å². The zero-order chi connectivity index (χ0) is 30.3. The summed E-state index contributed by atoms with van der Waals surface area (Å²) in [6.07, 6.45) is -0.691. The number of para-hydroxylation sites is 1. The van der Waals surface area contributed by atoms with Crippen molar-refractivity contribution in [3.8, 4) is 11.1 Å².